The molecular formula is C18H19N5OS. The molecule has 0 saturated heterocycles. The largest absolute Gasteiger partial charge is 0.348 e. The van der Waals surface area contributed by atoms with Crippen LogP contribution in [0.4, 0.5) is 0 Å². The maximum absolute atomic E-state index is 11.9. The molecule has 0 N–H and O–H groups in total. The van der Waals surface area contributed by atoms with E-state index in [1.54, 1.807) is 31.4 Å². The number of rotatable bonds is 5. The summed E-state index contributed by atoms with van der Waals surface area (Å²) in [6, 6.07) is 11.9. The summed E-state index contributed by atoms with van der Waals surface area (Å²) in [5.74, 6) is 1.05. The van der Waals surface area contributed by atoms with Crippen LogP contribution in [0.5, 0.6) is 0 Å². The van der Waals surface area contributed by atoms with E-state index in [1.165, 1.54) is 11.8 Å². The average molecular weight is 353 g/mol. The summed E-state index contributed by atoms with van der Waals surface area (Å²) in [5, 5.41) is 9.36. The average Bonchev–Trinajstić information content (AvgIpc) is 3.04. The molecule has 128 valence electrons. The van der Waals surface area contributed by atoms with Gasteiger partial charge in [-0.1, -0.05) is 30.0 Å². The van der Waals surface area contributed by atoms with E-state index in [9.17, 15) is 4.79 Å². The summed E-state index contributed by atoms with van der Waals surface area (Å²) in [6.45, 7) is 2.04. The lowest BCUT2D eigenvalue weighted by Gasteiger charge is -2.13. The van der Waals surface area contributed by atoms with Crippen molar-refractivity contribution in [3.05, 3.63) is 54.4 Å². The smallest absolute Gasteiger partial charge is 0.232 e. The van der Waals surface area contributed by atoms with E-state index in [0.717, 1.165) is 16.8 Å². The van der Waals surface area contributed by atoms with Crippen LogP contribution in [0.3, 0.4) is 0 Å². The Bertz CT molecular complexity index is 876. The lowest BCUT2D eigenvalue weighted by atomic mass is 10.2. The highest BCUT2D eigenvalue weighted by molar-refractivity contribution is 7.99. The van der Waals surface area contributed by atoms with Gasteiger partial charge in [0.1, 0.15) is 0 Å². The third kappa shape index (κ3) is 3.71. The molecule has 0 aliphatic heterocycles. The third-order valence-corrected chi connectivity index (χ3v) is 4.65. The van der Waals surface area contributed by atoms with Gasteiger partial charge in [0.15, 0.2) is 11.0 Å². The highest BCUT2D eigenvalue weighted by Crippen LogP contribution is 2.29. The minimum absolute atomic E-state index is 0.0345. The number of thioether (sulfide) groups is 1. The Hall–Kier alpha value is -2.67. The van der Waals surface area contributed by atoms with Crippen molar-refractivity contribution in [2.75, 3.05) is 19.8 Å². The van der Waals surface area contributed by atoms with Crippen molar-refractivity contribution < 1.29 is 4.79 Å². The molecule has 0 fully saturated rings. The zero-order chi connectivity index (χ0) is 17.8. The number of amides is 1. The van der Waals surface area contributed by atoms with Crippen LogP contribution < -0.4 is 0 Å². The molecule has 2 heterocycles. The quantitative estimate of drug-likeness (QED) is 0.660. The molecule has 3 aromatic rings. The Kier molecular flexibility index (Phi) is 5.14. The normalized spacial score (nSPS) is 10.7. The first-order chi connectivity index (χ1) is 12.1. The van der Waals surface area contributed by atoms with Crippen LogP contribution in [0.1, 0.15) is 5.56 Å². The van der Waals surface area contributed by atoms with Gasteiger partial charge in [-0.15, -0.1) is 10.2 Å². The summed E-state index contributed by atoms with van der Waals surface area (Å²) in [4.78, 5) is 17.7. The van der Waals surface area contributed by atoms with E-state index < -0.39 is 0 Å². The van der Waals surface area contributed by atoms with Gasteiger partial charge in [-0.25, -0.2) is 0 Å². The molecule has 6 nitrogen and oxygen atoms in total. The van der Waals surface area contributed by atoms with Crippen molar-refractivity contribution in [1.82, 2.24) is 24.6 Å². The number of pyridine rings is 1. The molecule has 1 amide bonds. The first kappa shape index (κ1) is 17.2. The van der Waals surface area contributed by atoms with Gasteiger partial charge in [-0.05, 0) is 30.7 Å². The second-order valence-electron chi connectivity index (χ2n) is 5.75. The highest BCUT2D eigenvalue weighted by Gasteiger charge is 2.18. The predicted molar refractivity (Wildman–Crippen MR) is 98.7 cm³/mol. The number of benzene rings is 1. The van der Waals surface area contributed by atoms with Crippen molar-refractivity contribution >= 4 is 17.7 Å². The molecule has 0 atom stereocenters. The predicted octanol–water partition coefficient (Wildman–Crippen LogP) is 2.82. The number of para-hydroxylation sites is 1. The summed E-state index contributed by atoms with van der Waals surface area (Å²) in [5.41, 5.74) is 2.98. The number of aromatic nitrogens is 4. The van der Waals surface area contributed by atoms with Gasteiger partial charge in [0, 0.05) is 32.1 Å². The summed E-state index contributed by atoms with van der Waals surface area (Å²) < 4.78 is 1.99. The molecular weight excluding hydrogens is 334 g/mol. The van der Waals surface area contributed by atoms with Crippen molar-refractivity contribution in [1.29, 1.82) is 0 Å². The molecule has 1 aromatic carbocycles. The molecule has 3 rings (SSSR count). The lowest BCUT2D eigenvalue weighted by molar-refractivity contribution is -0.125. The first-order valence-electron chi connectivity index (χ1n) is 7.82. The first-order valence-corrected chi connectivity index (χ1v) is 8.81. The molecule has 0 aliphatic rings. The number of carbonyl (C=O) groups excluding carboxylic acids is 1. The number of aryl methyl sites for hydroxylation is 1. The number of hydrogen-bond donors (Lipinski definition) is 0. The SMILES string of the molecule is Cc1ccccc1-n1c(SCC(=O)N(C)C)nnc1-c1cccnc1. The van der Waals surface area contributed by atoms with Crippen LogP contribution in [0.25, 0.3) is 17.1 Å². The maximum atomic E-state index is 11.9. The van der Waals surface area contributed by atoms with E-state index in [1.807, 2.05) is 47.9 Å². The topological polar surface area (TPSA) is 63.9 Å². The second kappa shape index (κ2) is 7.48. The van der Waals surface area contributed by atoms with Gasteiger partial charge in [0.05, 0.1) is 11.4 Å². The minimum atomic E-state index is 0.0345. The molecule has 0 saturated carbocycles. The molecule has 0 aliphatic carbocycles. The van der Waals surface area contributed by atoms with Gasteiger partial charge < -0.3 is 4.90 Å². The van der Waals surface area contributed by atoms with Crippen LogP contribution in [0.15, 0.2) is 53.9 Å². The molecule has 7 heteroatoms. The highest BCUT2D eigenvalue weighted by atomic mass is 32.2. The van der Waals surface area contributed by atoms with E-state index >= 15 is 0 Å². The Morgan fingerprint density at radius 3 is 2.64 bits per heavy atom. The summed E-state index contributed by atoms with van der Waals surface area (Å²) in [7, 11) is 3.49. The van der Waals surface area contributed by atoms with E-state index in [4.69, 9.17) is 0 Å². The minimum Gasteiger partial charge on any atom is -0.348 e. The van der Waals surface area contributed by atoms with Gasteiger partial charge >= 0.3 is 0 Å². The van der Waals surface area contributed by atoms with E-state index in [0.29, 0.717) is 16.7 Å². The molecule has 2 aromatic heterocycles. The molecule has 0 spiro atoms. The maximum Gasteiger partial charge on any atom is 0.232 e. The summed E-state index contributed by atoms with van der Waals surface area (Å²) in [6.07, 6.45) is 3.49. The number of hydrogen-bond acceptors (Lipinski definition) is 5. The molecule has 0 bridgehead atoms. The van der Waals surface area contributed by atoms with Crippen LogP contribution in [-0.2, 0) is 4.79 Å². The van der Waals surface area contributed by atoms with E-state index in [2.05, 4.69) is 15.2 Å². The fourth-order valence-corrected chi connectivity index (χ4v) is 3.26. The Balaban J connectivity index is 2.06. The van der Waals surface area contributed by atoms with Crippen molar-refractivity contribution in [3.63, 3.8) is 0 Å². The van der Waals surface area contributed by atoms with Crippen LogP contribution in [-0.4, -0.2) is 50.4 Å². The van der Waals surface area contributed by atoms with Crippen molar-refractivity contribution in [2.24, 2.45) is 0 Å². The zero-order valence-electron chi connectivity index (χ0n) is 14.4. The van der Waals surface area contributed by atoms with Crippen LogP contribution in [0, 0.1) is 6.92 Å². The third-order valence-electron chi connectivity index (χ3n) is 3.73. The van der Waals surface area contributed by atoms with Gasteiger partial charge in [-0.3, -0.25) is 14.3 Å². The number of nitrogens with zero attached hydrogens (tertiary/aromatic N) is 5. The summed E-state index contributed by atoms with van der Waals surface area (Å²) >= 11 is 1.38. The monoisotopic (exact) mass is 353 g/mol. The van der Waals surface area contributed by atoms with E-state index in [-0.39, 0.29) is 5.91 Å². The standard InChI is InChI=1S/C18H19N5OS/c1-13-7-4-5-9-15(13)23-17(14-8-6-10-19-11-14)20-21-18(23)25-12-16(24)22(2)3/h4-11H,12H2,1-3H3. The lowest BCUT2D eigenvalue weighted by Crippen LogP contribution is -2.23. The Labute approximate surface area is 150 Å². The van der Waals surface area contributed by atoms with Crippen molar-refractivity contribution in [2.45, 2.75) is 12.1 Å². The molecule has 25 heavy (non-hydrogen) atoms. The fourth-order valence-electron chi connectivity index (χ4n) is 2.33. The van der Waals surface area contributed by atoms with Crippen molar-refractivity contribution in [3.8, 4) is 17.1 Å². The number of carbonyl (C=O) groups is 1. The van der Waals surface area contributed by atoms with Crippen LogP contribution in [0.2, 0.25) is 0 Å². The van der Waals surface area contributed by atoms with Gasteiger partial charge in [-0.2, -0.15) is 0 Å². The van der Waals surface area contributed by atoms with Crippen LogP contribution >= 0.6 is 11.8 Å². The Morgan fingerprint density at radius 1 is 1.16 bits per heavy atom. The molecule has 0 unspecified atom stereocenters. The Morgan fingerprint density at radius 2 is 1.96 bits per heavy atom. The molecule has 0 radical (unpaired) electrons. The fraction of sp³-hybridized carbons (Fsp3) is 0.222. The zero-order valence-corrected chi connectivity index (χ0v) is 15.2. The van der Waals surface area contributed by atoms with Gasteiger partial charge in [0.25, 0.3) is 0 Å². The second-order valence-corrected chi connectivity index (χ2v) is 6.69. The van der Waals surface area contributed by atoms with Gasteiger partial charge in [0.2, 0.25) is 5.91 Å².